The number of rotatable bonds is 3. The van der Waals surface area contributed by atoms with Gasteiger partial charge in [0.05, 0.1) is 0 Å². The second-order valence-corrected chi connectivity index (χ2v) is 6.89. The number of carbonyl (C=O) groups excluding carboxylic acids is 2. The van der Waals surface area contributed by atoms with E-state index in [0.29, 0.717) is 13.0 Å². The molecule has 0 aliphatic heterocycles. The van der Waals surface area contributed by atoms with Crippen molar-refractivity contribution < 1.29 is 14.3 Å². The zero-order valence-electron chi connectivity index (χ0n) is 13.6. The Kier molecular flexibility index (Phi) is 5.22. The molecule has 1 aliphatic carbocycles. The largest absolute Gasteiger partial charge is 0.444 e. The maximum absolute atomic E-state index is 12.3. The van der Waals surface area contributed by atoms with Crippen molar-refractivity contribution in [3.8, 4) is 0 Å². The Labute approximate surface area is 132 Å². The van der Waals surface area contributed by atoms with Gasteiger partial charge >= 0.3 is 6.09 Å². The third-order valence-electron chi connectivity index (χ3n) is 3.88. The highest BCUT2D eigenvalue weighted by Gasteiger charge is 2.33. The van der Waals surface area contributed by atoms with Gasteiger partial charge < -0.3 is 10.1 Å². The van der Waals surface area contributed by atoms with Crippen LogP contribution in [0.4, 0.5) is 4.79 Å². The predicted octanol–water partition coefficient (Wildman–Crippen LogP) is 3.66. The molecule has 1 amide bonds. The summed E-state index contributed by atoms with van der Waals surface area (Å²) in [5.41, 5.74) is 0.536. The van der Waals surface area contributed by atoms with Crippen LogP contribution in [0.15, 0.2) is 30.3 Å². The summed E-state index contributed by atoms with van der Waals surface area (Å²) in [6.07, 6.45) is 2.05. The Morgan fingerprint density at radius 3 is 2.59 bits per heavy atom. The Morgan fingerprint density at radius 2 is 1.95 bits per heavy atom. The number of Topliss-reactive ketones (excluding diaryl/α,β-unsaturated/α-hetero) is 1. The monoisotopic (exact) mass is 303 g/mol. The fourth-order valence-corrected chi connectivity index (χ4v) is 2.99. The molecule has 2 rings (SSSR count). The summed E-state index contributed by atoms with van der Waals surface area (Å²) in [6, 6.07) is 9.85. The molecule has 1 aromatic rings. The number of amides is 1. The molecule has 0 bridgehead atoms. The lowest BCUT2D eigenvalue weighted by atomic mass is 9.74. The molecule has 4 nitrogen and oxygen atoms in total. The zero-order valence-corrected chi connectivity index (χ0v) is 13.6. The first-order valence-corrected chi connectivity index (χ1v) is 7.91. The smallest absolute Gasteiger partial charge is 0.407 e. The maximum atomic E-state index is 12.3. The van der Waals surface area contributed by atoms with E-state index in [2.05, 4.69) is 5.32 Å². The highest BCUT2D eigenvalue weighted by molar-refractivity contribution is 5.86. The lowest BCUT2D eigenvalue weighted by molar-refractivity contribution is -0.123. The number of alkyl carbamates (subject to hydrolysis) is 1. The molecule has 0 spiro atoms. The molecule has 1 aromatic carbocycles. The van der Waals surface area contributed by atoms with E-state index in [0.717, 1.165) is 18.4 Å². The van der Waals surface area contributed by atoms with E-state index < -0.39 is 11.7 Å². The van der Waals surface area contributed by atoms with Gasteiger partial charge in [0.2, 0.25) is 0 Å². The van der Waals surface area contributed by atoms with E-state index in [-0.39, 0.29) is 17.6 Å². The molecule has 0 heterocycles. The normalized spacial score (nSPS) is 22.2. The molecule has 1 saturated carbocycles. The molecular weight excluding hydrogens is 278 g/mol. The van der Waals surface area contributed by atoms with Gasteiger partial charge in [-0.1, -0.05) is 30.3 Å². The highest BCUT2D eigenvalue weighted by Crippen LogP contribution is 2.35. The molecule has 0 unspecified atom stereocenters. The van der Waals surface area contributed by atoms with Gasteiger partial charge in [-0.25, -0.2) is 4.79 Å². The summed E-state index contributed by atoms with van der Waals surface area (Å²) in [5.74, 6) is 0.287. The van der Waals surface area contributed by atoms with Crippen LogP contribution in [-0.4, -0.2) is 24.0 Å². The zero-order chi connectivity index (χ0) is 16.2. The number of carbonyl (C=O) groups is 2. The van der Waals surface area contributed by atoms with Gasteiger partial charge in [0.1, 0.15) is 11.4 Å². The number of ether oxygens (including phenoxy) is 1. The fraction of sp³-hybridized carbons (Fsp3) is 0.556. The number of nitrogens with one attached hydrogen (secondary N) is 1. The van der Waals surface area contributed by atoms with Gasteiger partial charge in [-0.05, 0) is 45.1 Å². The number of hydrogen-bond acceptors (Lipinski definition) is 3. The van der Waals surface area contributed by atoms with Gasteiger partial charge in [0.15, 0.2) is 0 Å². The summed E-state index contributed by atoms with van der Waals surface area (Å²) in [5, 5.41) is 2.82. The van der Waals surface area contributed by atoms with Crippen LogP contribution in [0.5, 0.6) is 0 Å². The van der Waals surface area contributed by atoms with Gasteiger partial charge in [-0.2, -0.15) is 0 Å². The van der Waals surface area contributed by atoms with Gasteiger partial charge in [0.25, 0.3) is 0 Å². The number of hydrogen-bond donors (Lipinski definition) is 1. The third kappa shape index (κ3) is 4.58. The first kappa shape index (κ1) is 16.5. The number of benzene rings is 1. The van der Waals surface area contributed by atoms with Crippen LogP contribution < -0.4 is 5.32 Å². The summed E-state index contributed by atoms with van der Waals surface area (Å²) in [6.45, 7) is 5.98. The molecule has 1 fully saturated rings. The molecule has 2 atom stereocenters. The topological polar surface area (TPSA) is 55.4 Å². The third-order valence-corrected chi connectivity index (χ3v) is 3.88. The van der Waals surface area contributed by atoms with Crippen molar-refractivity contribution in [3.63, 3.8) is 0 Å². The first-order chi connectivity index (χ1) is 10.4. The van der Waals surface area contributed by atoms with Crippen molar-refractivity contribution in [2.75, 3.05) is 6.54 Å². The summed E-state index contributed by atoms with van der Waals surface area (Å²) < 4.78 is 5.26. The van der Waals surface area contributed by atoms with Crippen molar-refractivity contribution in [1.29, 1.82) is 0 Å². The second-order valence-electron chi connectivity index (χ2n) is 6.89. The van der Waals surface area contributed by atoms with Crippen LogP contribution in [0, 0.1) is 5.92 Å². The van der Waals surface area contributed by atoms with Crippen LogP contribution in [-0.2, 0) is 9.53 Å². The van der Waals surface area contributed by atoms with E-state index in [1.54, 1.807) is 0 Å². The second kappa shape index (κ2) is 6.95. The highest BCUT2D eigenvalue weighted by atomic mass is 16.6. The van der Waals surface area contributed by atoms with Gasteiger partial charge in [0, 0.05) is 18.9 Å². The van der Waals surface area contributed by atoms with Crippen molar-refractivity contribution in [3.05, 3.63) is 35.9 Å². The molecule has 22 heavy (non-hydrogen) atoms. The minimum Gasteiger partial charge on any atom is -0.444 e. The molecule has 1 N–H and O–H groups in total. The maximum Gasteiger partial charge on any atom is 0.407 e. The van der Waals surface area contributed by atoms with E-state index in [1.807, 2.05) is 51.1 Å². The SMILES string of the molecule is CC(C)(C)OC(=O)NC[C@H]1CCCC(=O)[C@H]1c1ccccc1. The van der Waals surface area contributed by atoms with Gasteiger partial charge in [-0.15, -0.1) is 0 Å². The lowest BCUT2D eigenvalue weighted by Crippen LogP contribution is -2.39. The molecular formula is C18H25NO3. The van der Waals surface area contributed by atoms with Crippen molar-refractivity contribution >= 4 is 11.9 Å². The van der Waals surface area contributed by atoms with Crippen LogP contribution in [0.25, 0.3) is 0 Å². The minimum absolute atomic E-state index is 0.120. The Balaban J connectivity index is 2.01. The summed E-state index contributed by atoms with van der Waals surface area (Å²) in [4.78, 5) is 24.1. The van der Waals surface area contributed by atoms with Crippen molar-refractivity contribution in [2.45, 2.75) is 51.6 Å². The van der Waals surface area contributed by atoms with Crippen molar-refractivity contribution in [2.24, 2.45) is 5.92 Å². The van der Waals surface area contributed by atoms with Crippen LogP contribution >= 0.6 is 0 Å². The van der Waals surface area contributed by atoms with Crippen LogP contribution in [0.1, 0.15) is 51.5 Å². The quantitative estimate of drug-likeness (QED) is 0.927. The first-order valence-electron chi connectivity index (χ1n) is 7.91. The Bertz CT molecular complexity index is 519. The molecule has 0 radical (unpaired) electrons. The Morgan fingerprint density at radius 1 is 1.27 bits per heavy atom. The molecule has 0 saturated heterocycles. The molecule has 4 heteroatoms. The molecule has 120 valence electrons. The molecule has 1 aliphatic rings. The summed E-state index contributed by atoms with van der Waals surface area (Å²) in [7, 11) is 0. The van der Waals surface area contributed by atoms with E-state index in [4.69, 9.17) is 4.74 Å². The van der Waals surface area contributed by atoms with E-state index in [9.17, 15) is 9.59 Å². The predicted molar refractivity (Wildman–Crippen MR) is 85.8 cm³/mol. The average Bonchev–Trinajstić information content (AvgIpc) is 2.44. The average molecular weight is 303 g/mol. The van der Waals surface area contributed by atoms with Crippen molar-refractivity contribution in [1.82, 2.24) is 5.32 Å². The Hall–Kier alpha value is -1.84. The van der Waals surface area contributed by atoms with Gasteiger partial charge in [-0.3, -0.25) is 4.79 Å². The number of ketones is 1. The fourth-order valence-electron chi connectivity index (χ4n) is 2.99. The standard InChI is InChI=1S/C18H25NO3/c1-18(2,3)22-17(21)19-12-14-10-7-11-15(20)16(14)13-8-5-4-6-9-13/h4-6,8-9,14,16H,7,10-12H2,1-3H3,(H,19,21)/t14-,16+/m1/s1. The lowest BCUT2D eigenvalue weighted by Gasteiger charge is -2.31. The van der Waals surface area contributed by atoms with Crippen LogP contribution in [0.2, 0.25) is 0 Å². The summed E-state index contributed by atoms with van der Waals surface area (Å²) >= 11 is 0. The van der Waals surface area contributed by atoms with E-state index in [1.165, 1.54) is 0 Å². The minimum atomic E-state index is -0.509. The van der Waals surface area contributed by atoms with Crippen LogP contribution in [0.3, 0.4) is 0 Å². The molecule has 0 aromatic heterocycles. The van der Waals surface area contributed by atoms with E-state index >= 15 is 0 Å².